The summed E-state index contributed by atoms with van der Waals surface area (Å²) in [5, 5.41) is 4.02. The van der Waals surface area contributed by atoms with Crippen LogP contribution in [0.15, 0.2) is 22.9 Å². The highest BCUT2D eigenvalue weighted by Crippen LogP contribution is 2.25. The third kappa shape index (κ3) is 3.28. The smallest absolute Gasteiger partial charge is 0.200 e. The van der Waals surface area contributed by atoms with Gasteiger partial charge in [-0.1, -0.05) is 22.9 Å². The summed E-state index contributed by atoms with van der Waals surface area (Å²) in [4.78, 5) is 4.02. The first-order chi connectivity index (χ1) is 9.11. The van der Waals surface area contributed by atoms with Crippen LogP contribution in [0.1, 0.15) is 19.2 Å². The van der Waals surface area contributed by atoms with E-state index in [0.717, 1.165) is 12.5 Å². The van der Waals surface area contributed by atoms with Crippen LogP contribution in [0.4, 0.5) is 8.78 Å². The molecule has 1 heterocycles. The average Bonchev–Trinajstić information content (AvgIpc) is 2.80. The van der Waals surface area contributed by atoms with Gasteiger partial charge in [0.1, 0.15) is 12.9 Å². The molecule has 1 aromatic carbocycles. The molecule has 0 aliphatic rings. The molecule has 2 aromatic rings. The summed E-state index contributed by atoms with van der Waals surface area (Å²) in [5.74, 6) is -1.55. The third-order valence-corrected chi connectivity index (χ3v) is 2.91. The van der Waals surface area contributed by atoms with Gasteiger partial charge in [-0.2, -0.15) is 9.49 Å². The third-order valence-electron chi connectivity index (χ3n) is 2.45. The summed E-state index contributed by atoms with van der Waals surface area (Å²) in [6.07, 6.45) is 2.31. The van der Waals surface area contributed by atoms with E-state index in [2.05, 4.69) is 26.0 Å². The van der Waals surface area contributed by atoms with E-state index in [0.29, 0.717) is 16.8 Å². The largest absolute Gasteiger partial charge is 0.482 e. The second-order valence-corrected chi connectivity index (χ2v) is 4.80. The number of rotatable bonds is 5. The van der Waals surface area contributed by atoms with Crippen molar-refractivity contribution < 1.29 is 13.5 Å². The zero-order valence-corrected chi connectivity index (χ0v) is 11.8. The van der Waals surface area contributed by atoms with Crippen molar-refractivity contribution in [2.75, 3.05) is 0 Å². The zero-order chi connectivity index (χ0) is 13.8. The minimum absolute atomic E-state index is 0.0345. The van der Waals surface area contributed by atoms with Crippen molar-refractivity contribution in [3.63, 3.8) is 0 Å². The number of hydrogen-bond donors (Lipinski definition) is 0. The first-order valence-electron chi connectivity index (χ1n) is 5.75. The lowest BCUT2D eigenvalue weighted by Crippen LogP contribution is -2.09. The predicted molar refractivity (Wildman–Crippen MR) is 68.7 cm³/mol. The first kappa shape index (κ1) is 13.9. The van der Waals surface area contributed by atoms with Crippen molar-refractivity contribution in [3.05, 3.63) is 40.4 Å². The molecular weight excluding hydrogens is 320 g/mol. The Morgan fingerprint density at radius 3 is 2.89 bits per heavy atom. The molecule has 2 rings (SSSR count). The van der Waals surface area contributed by atoms with Gasteiger partial charge in [0.25, 0.3) is 0 Å². The summed E-state index contributed by atoms with van der Waals surface area (Å²) in [5.41, 5.74) is 0. The quantitative estimate of drug-likeness (QED) is 0.789. The summed E-state index contributed by atoms with van der Waals surface area (Å²) in [7, 11) is 0. The monoisotopic (exact) mass is 331 g/mol. The van der Waals surface area contributed by atoms with E-state index in [-0.39, 0.29) is 12.4 Å². The molecule has 0 aliphatic carbocycles. The molecule has 0 saturated carbocycles. The summed E-state index contributed by atoms with van der Waals surface area (Å²) >= 11 is 3.09. The summed E-state index contributed by atoms with van der Waals surface area (Å²) < 4.78 is 34.0. The van der Waals surface area contributed by atoms with Crippen LogP contribution in [-0.4, -0.2) is 14.8 Å². The van der Waals surface area contributed by atoms with E-state index < -0.39 is 11.6 Å². The van der Waals surface area contributed by atoms with Gasteiger partial charge >= 0.3 is 0 Å². The first-order valence-corrected chi connectivity index (χ1v) is 6.55. The van der Waals surface area contributed by atoms with Crippen molar-refractivity contribution >= 4 is 15.9 Å². The minimum Gasteiger partial charge on any atom is -0.482 e. The van der Waals surface area contributed by atoms with E-state index in [9.17, 15) is 8.78 Å². The Morgan fingerprint density at radius 1 is 1.37 bits per heavy atom. The van der Waals surface area contributed by atoms with Gasteiger partial charge in [0.15, 0.2) is 17.4 Å². The molecule has 0 unspecified atom stereocenters. The number of halogens is 3. The molecule has 0 fully saturated rings. The van der Waals surface area contributed by atoms with E-state index in [1.54, 1.807) is 4.68 Å². The van der Waals surface area contributed by atoms with Gasteiger partial charge in [-0.15, -0.1) is 0 Å². The lowest BCUT2D eigenvalue weighted by Gasteiger charge is -2.09. The molecule has 7 heteroatoms. The molecule has 0 aliphatic heterocycles. The van der Waals surface area contributed by atoms with Gasteiger partial charge in [-0.3, -0.25) is 0 Å². The van der Waals surface area contributed by atoms with Crippen LogP contribution in [0.2, 0.25) is 0 Å². The summed E-state index contributed by atoms with van der Waals surface area (Å²) in [6.45, 7) is 2.75. The fourth-order valence-corrected chi connectivity index (χ4v) is 1.99. The normalized spacial score (nSPS) is 10.7. The van der Waals surface area contributed by atoms with Crippen LogP contribution in [0.5, 0.6) is 5.75 Å². The van der Waals surface area contributed by atoms with Gasteiger partial charge in [-0.05, 0) is 18.6 Å². The van der Waals surface area contributed by atoms with Gasteiger partial charge in [0.2, 0.25) is 5.82 Å². The Bertz CT molecular complexity index is 574. The maximum atomic E-state index is 13.5. The minimum atomic E-state index is -1.01. The second-order valence-electron chi connectivity index (χ2n) is 3.89. The second kappa shape index (κ2) is 6.10. The van der Waals surface area contributed by atoms with E-state index in [1.807, 2.05) is 6.92 Å². The Balaban J connectivity index is 2.12. The fourth-order valence-electron chi connectivity index (χ4n) is 1.58. The number of hydrogen-bond acceptors (Lipinski definition) is 3. The van der Waals surface area contributed by atoms with Crippen LogP contribution in [0.25, 0.3) is 0 Å². The van der Waals surface area contributed by atoms with Crippen molar-refractivity contribution in [2.45, 2.75) is 26.5 Å². The molecule has 0 bridgehead atoms. The topological polar surface area (TPSA) is 39.9 Å². The van der Waals surface area contributed by atoms with Crippen LogP contribution in [0, 0.1) is 11.6 Å². The van der Waals surface area contributed by atoms with Gasteiger partial charge in [-0.25, -0.2) is 14.1 Å². The van der Waals surface area contributed by atoms with Gasteiger partial charge < -0.3 is 4.74 Å². The zero-order valence-electron chi connectivity index (χ0n) is 10.2. The van der Waals surface area contributed by atoms with Crippen LogP contribution in [-0.2, 0) is 13.2 Å². The SMILES string of the molecule is CCCn1ncnc1COc1cc(Br)cc(F)c1F. The molecule has 0 saturated heterocycles. The van der Waals surface area contributed by atoms with Gasteiger partial charge in [0.05, 0.1) is 0 Å². The molecule has 0 spiro atoms. The van der Waals surface area contributed by atoms with Crippen LogP contribution < -0.4 is 4.74 Å². The summed E-state index contributed by atoms with van der Waals surface area (Å²) in [6, 6.07) is 2.42. The van der Waals surface area contributed by atoms with Crippen molar-refractivity contribution in [1.82, 2.24) is 14.8 Å². The highest BCUT2D eigenvalue weighted by atomic mass is 79.9. The van der Waals surface area contributed by atoms with Crippen molar-refractivity contribution in [3.8, 4) is 5.75 Å². The standard InChI is InChI=1S/C12H12BrF2N3O/c1-2-3-18-11(16-7-17-18)6-19-10-5-8(13)4-9(14)12(10)15/h4-5,7H,2-3,6H2,1H3. The van der Waals surface area contributed by atoms with Gasteiger partial charge in [0, 0.05) is 11.0 Å². The fraction of sp³-hybridized carbons (Fsp3) is 0.333. The molecule has 1 aromatic heterocycles. The number of ether oxygens (including phenoxy) is 1. The Morgan fingerprint density at radius 2 is 2.16 bits per heavy atom. The van der Waals surface area contributed by atoms with Crippen LogP contribution in [0.3, 0.4) is 0 Å². The number of aryl methyl sites for hydroxylation is 1. The van der Waals surface area contributed by atoms with Crippen molar-refractivity contribution in [2.24, 2.45) is 0 Å². The molecule has 19 heavy (non-hydrogen) atoms. The highest BCUT2D eigenvalue weighted by molar-refractivity contribution is 9.10. The molecule has 102 valence electrons. The van der Waals surface area contributed by atoms with E-state index in [4.69, 9.17) is 4.74 Å². The van der Waals surface area contributed by atoms with E-state index in [1.165, 1.54) is 12.4 Å². The maximum absolute atomic E-state index is 13.5. The van der Waals surface area contributed by atoms with Crippen LogP contribution >= 0.6 is 15.9 Å². The Kier molecular flexibility index (Phi) is 4.47. The predicted octanol–water partition coefficient (Wildman–Crippen LogP) is 3.31. The molecule has 0 N–H and O–H groups in total. The molecule has 0 amide bonds. The number of benzene rings is 1. The maximum Gasteiger partial charge on any atom is 0.200 e. The van der Waals surface area contributed by atoms with Crippen molar-refractivity contribution in [1.29, 1.82) is 0 Å². The molecule has 0 atom stereocenters. The highest BCUT2D eigenvalue weighted by Gasteiger charge is 2.13. The molecule has 0 radical (unpaired) electrons. The Hall–Kier alpha value is -1.50. The number of nitrogens with zero attached hydrogens (tertiary/aromatic N) is 3. The van der Waals surface area contributed by atoms with E-state index >= 15 is 0 Å². The Labute approximate surface area is 117 Å². The number of aromatic nitrogens is 3. The lowest BCUT2D eigenvalue weighted by molar-refractivity contribution is 0.268. The lowest BCUT2D eigenvalue weighted by atomic mass is 10.3. The average molecular weight is 332 g/mol. The molecule has 4 nitrogen and oxygen atoms in total. The molecular formula is C12H12BrF2N3O.